The van der Waals surface area contributed by atoms with E-state index in [9.17, 15) is 0 Å². The Balaban J connectivity index is 1.25. The van der Waals surface area contributed by atoms with E-state index in [-0.39, 0.29) is 0 Å². The van der Waals surface area contributed by atoms with E-state index in [1.165, 1.54) is 35.6 Å². The van der Waals surface area contributed by atoms with Crippen molar-refractivity contribution in [2.75, 3.05) is 0 Å². The molecule has 1 heterocycles. The number of hydrogen-bond acceptors (Lipinski definition) is 1. The van der Waals surface area contributed by atoms with Crippen molar-refractivity contribution < 1.29 is 0 Å². The maximum Gasteiger partial charge on any atom is 0.107 e. The molecule has 0 amide bonds. The number of H-pyrrole nitrogens is 1. The smallest absolute Gasteiger partial charge is 0.107 e. The van der Waals surface area contributed by atoms with E-state index in [1.807, 2.05) is 18.2 Å². The fraction of sp³-hybridized carbons (Fsp3) is 0.261. The number of imidazole rings is 1. The molecule has 0 atom stereocenters. The van der Waals surface area contributed by atoms with E-state index in [0.717, 1.165) is 41.1 Å². The molecule has 0 saturated carbocycles. The standard InChI is InChI=1S/C23H23ClN2/c24-20-14-8-15-21-23(20)26-22(25-21)16-4-2-1-3-9-17-11-7-12-18-10-5-6-13-19(17)18/h5-8,10-15H,1-4,9,16H2,(H,25,26). The molecule has 0 aliphatic heterocycles. The minimum absolute atomic E-state index is 0.722. The Bertz CT molecular complexity index is 1010. The molecule has 132 valence electrons. The van der Waals surface area contributed by atoms with Crippen molar-refractivity contribution in [1.82, 2.24) is 9.97 Å². The van der Waals surface area contributed by atoms with Gasteiger partial charge in [0.05, 0.1) is 10.5 Å². The highest BCUT2D eigenvalue weighted by Gasteiger charge is 2.05. The molecule has 0 fully saturated rings. The molecular formula is C23H23ClN2. The number of nitrogens with zero attached hydrogens (tertiary/aromatic N) is 1. The average Bonchev–Trinajstić information content (AvgIpc) is 3.09. The van der Waals surface area contributed by atoms with Gasteiger partial charge in [0.15, 0.2) is 0 Å². The van der Waals surface area contributed by atoms with E-state index in [0.29, 0.717) is 0 Å². The number of fused-ring (bicyclic) bond motifs is 2. The molecule has 4 rings (SSSR count). The summed E-state index contributed by atoms with van der Waals surface area (Å²) in [4.78, 5) is 8.00. The Morgan fingerprint density at radius 1 is 0.769 bits per heavy atom. The Kier molecular flexibility index (Phi) is 5.21. The van der Waals surface area contributed by atoms with Crippen LogP contribution < -0.4 is 0 Å². The van der Waals surface area contributed by atoms with Gasteiger partial charge < -0.3 is 4.98 Å². The molecule has 0 bridgehead atoms. The van der Waals surface area contributed by atoms with Gasteiger partial charge >= 0.3 is 0 Å². The first-order valence-corrected chi connectivity index (χ1v) is 9.79. The van der Waals surface area contributed by atoms with E-state index >= 15 is 0 Å². The van der Waals surface area contributed by atoms with Gasteiger partial charge in [0.2, 0.25) is 0 Å². The van der Waals surface area contributed by atoms with Crippen molar-refractivity contribution in [2.24, 2.45) is 0 Å². The highest BCUT2D eigenvalue weighted by molar-refractivity contribution is 6.34. The molecule has 0 saturated heterocycles. The summed E-state index contributed by atoms with van der Waals surface area (Å²) in [5.41, 5.74) is 3.39. The van der Waals surface area contributed by atoms with Gasteiger partial charge in [0, 0.05) is 6.42 Å². The number of hydrogen-bond donors (Lipinski definition) is 1. The fourth-order valence-corrected chi connectivity index (χ4v) is 3.86. The number of aryl methyl sites for hydroxylation is 2. The molecule has 26 heavy (non-hydrogen) atoms. The third-order valence-corrected chi connectivity index (χ3v) is 5.31. The zero-order chi connectivity index (χ0) is 17.8. The summed E-state index contributed by atoms with van der Waals surface area (Å²) in [7, 11) is 0. The van der Waals surface area contributed by atoms with Crippen molar-refractivity contribution in [3.8, 4) is 0 Å². The molecule has 1 aromatic heterocycles. The lowest BCUT2D eigenvalue weighted by Gasteiger charge is -2.06. The van der Waals surface area contributed by atoms with Crippen LogP contribution in [0.5, 0.6) is 0 Å². The fourth-order valence-electron chi connectivity index (χ4n) is 3.64. The second-order valence-corrected chi connectivity index (χ2v) is 7.28. The van der Waals surface area contributed by atoms with Gasteiger partial charge in [0.25, 0.3) is 0 Å². The maximum absolute atomic E-state index is 6.19. The van der Waals surface area contributed by atoms with Gasteiger partial charge in [-0.2, -0.15) is 0 Å². The number of halogens is 1. The van der Waals surface area contributed by atoms with Gasteiger partial charge in [0.1, 0.15) is 11.3 Å². The van der Waals surface area contributed by atoms with Crippen LogP contribution in [0.15, 0.2) is 60.7 Å². The molecule has 4 aromatic rings. The average molecular weight is 363 g/mol. The van der Waals surface area contributed by atoms with Crippen LogP contribution in [0.3, 0.4) is 0 Å². The van der Waals surface area contributed by atoms with Crippen molar-refractivity contribution >= 4 is 33.4 Å². The second-order valence-electron chi connectivity index (χ2n) is 6.87. The molecule has 2 nitrogen and oxygen atoms in total. The van der Waals surface area contributed by atoms with Gasteiger partial charge in [-0.05, 0) is 47.7 Å². The van der Waals surface area contributed by atoms with Crippen LogP contribution in [0.25, 0.3) is 21.8 Å². The SMILES string of the molecule is Clc1cccc2[nH]c(CCCCCCc3cccc4ccccc34)nc12. The lowest BCUT2D eigenvalue weighted by atomic mass is 9.99. The van der Waals surface area contributed by atoms with E-state index in [2.05, 4.69) is 52.4 Å². The monoisotopic (exact) mass is 362 g/mol. The van der Waals surface area contributed by atoms with Crippen molar-refractivity contribution in [3.63, 3.8) is 0 Å². The van der Waals surface area contributed by atoms with Gasteiger partial charge in [-0.25, -0.2) is 4.98 Å². The number of rotatable bonds is 7. The van der Waals surface area contributed by atoms with Crippen molar-refractivity contribution in [2.45, 2.75) is 38.5 Å². The van der Waals surface area contributed by atoms with E-state index in [4.69, 9.17) is 11.6 Å². The quantitative estimate of drug-likeness (QED) is 0.363. The Hall–Kier alpha value is -2.32. The molecule has 3 heteroatoms. The first kappa shape index (κ1) is 17.1. The van der Waals surface area contributed by atoms with Crippen LogP contribution in [-0.2, 0) is 12.8 Å². The summed E-state index contributed by atoms with van der Waals surface area (Å²) in [5.74, 6) is 1.04. The third kappa shape index (κ3) is 3.76. The first-order valence-electron chi connectivity index (χ1n) is 9.41. The number of nitrogens with one attached hydrogen (secondary N) is 1. The van der Waals surface area contributed by atoms with Crippen molar-refractivity contribution in [1.29, 1.82) is 0 Å². The van der Waals surface area contributed by atoms with Gasteiger partial charge in [-0.15, -0.1) is 0 Å². The number of unbranched alkanes of at least 4 members (excludes halogenated alkanes) is 3. The molecule has 0 radical (unpaired) electrons. The topological polar surface area (TPSA) is 28.7 Å². The summed E-state index contributed by atoms with van der Waals surface area (Å²) >= 11 is 6.19. The molecular weight excluding hydrogens is 340 g/mol. The van der Waals surface area contributed by atoms with E-state index in [1.54, 1.807) is 0 Å². The van der Waals surface area contributed by atoms with Crippen LogP contribution in [0.1, 0.15) is 37.1 Å². The van der Waals surface area contributed by atoms with Crippen LogP contribution in [-0.4, -0.2) is 9.97 Å². The predicted molar refractivity (Wildman–Crippen MR) is 111 cm³/mol. The van der Waals surface area contributed by atoms with Gasteiger partial charge in [-0.3, -0.25) is 0 Å². The zero-order valence-electron chi connectivity index (χ0n) is 14.8. The third-order valence-electron chi connectivity index (χ3n) is 5.00. The molecule has 3 aromatic carbocycles. The minimum Gasteiger partial charge on any atom is -0.342 e. The number of para-hydroxylation sites is 1. The largest absolute Gasteiger partial charge is 0.342 e. The van der Waals surface area contributed by atoms with Gasteiger partial charge in [-0.1, -0.05) is 73.0 Å². The first-order chi connectivity index (χ1) is 12.8. The maximum atomic E-state index is 6.19. The van der Waals surface area contributed by atoms with Crippen molar-refractivity contribution in [3.05, 3.63) is 77.1 Å². The number of aromatic nitrogens is 2. The molecule has 0 aliphatic rings. The summed E-state index contributed by atoms with van der Waals surface area (Å²) in [6.07, 6.45) is 7.02. The number of benzene rings is 3. The Labute approximate surface area is 159 Å². The second kappa shape index (κ2) is 7.92. The van der Waals surface area contributed by atoms with E-state index < -0.39 is 0 Å². The lowest BCUT2D eigenvalue weighted by molar-refractivity contribution is 0.633. The normalized spacial score (nSPS) is 11.4. The highest BCUT2D eigenvalue weighted by Crippen LogP contribution is 2.22. The zero-order valence-corrected chi connectivity index (χ0v) is 15.6. The summed E-state index contributed by atoms with van der Waals surface area (Å²) in [6.45, 7) is 0. The molecule has 0 unspecified atom stereocenters. The molecule has 0 aliphatic carbocycles. The predicted octanol–water partition coefficient (Wildman–Crippen LogP) is 6.72. The van der Waals surface area contributed by atoms with Crippen LogP contribution in [0, 0.1) is 0 Å². The minimum atomic E-state index is 0.722. The summed E-state index contributed by atoms with van der Waals surface area (Å²) < 4.78 is 0. The molecule has 1 N–H and O–H groups in total. The number of aromatic amines is 1. The van der Waals surface area contributed by atoms with Crippen LogP contribution in [0.2, 0.25) is 5.02 Å². The highest BCUT2D eigenvalue weighted by atomic mass is 35.5. The Morgan fingerprint density at radius 2 is 1.54 bits per heavy atom. The molecule has 0 spiro atoms. The lowest BCUT2D eigenvalue weighted by Crippen LogP contribution is -1.91. The Morgan fingerprint density at radius 3 is 2.42 bits per heavy atom. The van der Waals surface area contributed by atoms with Crippen LogP contribution in [0.4, 0.5) is 0 Å². The summed E-state index contributed by atoms with van der Waals surface area (Å²) in [5, 5.41) is 3.46. The van der Waals surface area contributed by atoms with Crippen LogP contribution >= 0.6 is 11.6 Å². The summed E-state index contributed by atoms with van der Waals surface area (Å²) in [6, 6.07) is 21.2.